The normalized spacial score (nSPS) is 15.5. The molecule has 178 valence electrons. The van der Waals surface area contributed by atoms with Crippen molar-refractivity contribution in [3.05, 3.63) is 84.2 Å². The summed E-state index contributed by atoms with van der Waals surface area (Å²) in [7, 11) is 0. The summed E-state index contributed by atoms with van der Waals surface area (Å²) in [6, 6.07) is 24.0. The van der Waals surface area contributed by atoms with E-state index < -0.39 is 0 Å². The van der Waals surface area contributed by atoms with Crippen molar-refractivity contribution in [2.45, 2.75) is 31.9 Å². The van der Waals surface area contributed by atoms with Crippen molar-refractivity contribution in [2.24, 2.45) is 0 Å². The first-order chi connectivity index (χ1) is 17.2. The van der Waals surface area contributed by atoms with Crippen LogP contribution in [0.3, 0.4) is 0 Å². The molecule has 1 saturated heterocycles. The monoisotopic (exact) mass is 469 g/mol. The molecule has 7 nitrogen and oxygen atoms in total. The summed E-state index contributed by atoms with van der Waals surface area (Å²) < 4.78 is 19.2. The molecule has 0 spiro atoms. The van der Waals surface area contributed by atoms with E-state index in [9.17, 15) is 4.79 Å². The largest absolute Gasteiger partial charge is 0.486 e. The summed E-state index contributed by atoms with van der Waals surface area (Å²) in [6.45, 7) is 2.09. The molecule has 2 aliphatic heterocycles. The van der Waals surface area contributed by atoms with E-state index in [1.807, 2.05) is 71.6 Å². The molecule has 0 unspecified atom stereocenters. The zero-order chi connectivity index (χ0) is 23.6. The minimum absolute atomic E-state index is 0.144. The molecule has 0 radical (unpaired) electrons. The number of carbonyl (C=O) groups is 1. The van der Waals surface area contributed by atoms with Crippen LogP contribution in [0.2, 0.25) is 0 Å². The molecule has 4 aromatic rings. The number of imidazole rings is 1. The number of likely N-dealkylation sites (tertiary alicyclic amines) is 1. The summed E-state index contributed by atoms with van der Waals surface area (Å²) in [6.07, 6.45) is 2.13. The molecule has 2 aliphatic rings. The molecule has 0 aliphatic carbocycles. The maximum Gasteiger partial charge on any atom is 0.231 e. The molecular weight excluding hydrogens is 442 g/mol. The van der Waals surface area contributed by atoms with Crippen molar-refractivity contribution in [1.82, 2.24) is 14.5 Å². The van der Waals surface area contributed by atoms with Gasteiger partial charge in [-0.05, 0) is 54.8 Å². The molecule has 0 N–H and O–H groups in total. The number of ether oxygens (including phenoxy) is 3. The number of aromatic nitrogens is 2. The Morgan fingerprint density at radius 3 is 2.57 bits per heavy atom. The number of piperidine rings is 1. The van der Waals surface area contributed by atoms with Gasteiger partial charge in [0, 0.05) is 19.1 Å². The van der Waals surface area contributed by atoms with Gasteiger partial charge in [-0.1, -0.05) is 36.4 Å². The first-order valence-electron chi connectivity index (χ1n) is 12.0. The number of rotatable bonds is 6. The maximum absolute atomic E-state index is 13.0. The fourth-order valence-corrected chi connectivity index (χ4v) is 4.98. The van der Waals surface area contributed by atoms with E-state index in [0.717, 1.165) is 59.9 Å². The highest BCUT2D eigenvalue weighted by molar-refractivity contribution is 5.79. The van der Waals surface area contributed by atoms with Gasteiger partial charge in [0.25, 0.3) is 0 Å². The van der Waals surface area contributed by atoms with E-state index in [4.69, 9.17) is 19.2 Å². The predicted molar refractivity (Wildman–Crippen MR) is 132 cm³/mol. The topological polar surface area (TPSA) is 65.8 Å². The van der Waals surface area contributed by atoms with Crippen LogP contribution in [0, 0.1) is 0 Å². The zero-order valence-electron chi connectivity index (χ0n) is 19.4. The molecule has 0 bridgehead atoms. The maximum atomic E-state index is 13.0. The highest BCUT2D eigenvalue weighted by atomic mass is 16.7. The second-order valence-electron chi connectivity index (χ2n) is 8.96. The first kappa shape index (κ1) is 21.5. The highest BCUT2D eigenvalue weighted by Crippen LogP contribution is 2.33. The second-order valence-corrected chi connectivity index (χ2v) is 8.96. The smallest absolute Gasteiger partial charge is 0.231 e. The fraction of sp³-hybridized carbons (Fsp3) is 0.286. The van der Waals surface area contributed by atoms with E-state index >= 15 is 0 Å². The van der Waals surface area contributed by atoms with Gasteiger partial charge in [0.05, 0.1) is 17.5 Å². The molecule has 3 aromatic carbocycles. The van der Waals surface area contributed by atoms with Crippen molar-refractivity contribution < 1.29 is 19.0 Å². The van der Waals surface area contributed by atoms with Crippen LogP contribution in [0.5, 0.6) is 17.2 Å². The fourth-order valence-electron chi connectivity index (χ4n) is 4.98. The van der Waals surface area contributed by atoms with Gasteiger partial charge in [-0.3, -0.25) is 4.79 Å². The Morgan fingerprint density at radius 2 is 1.71 bits per heavy atom. The average molecular weight is 470 g/mol. The molecule has 1 aromatic heterocycles. The van der Waals surface area contributed by atoms with Crippen molar-refractivity contribution in [1.29, 1.82) is 0 Å². The van der Waals surface area contributed by atoms with Gasteiger partial charge in [0.1, 0.15) is 18.2 Å². The molecule has 35 heavy (non-hydrogen) atoms. The SMILES string of the molecule is O=C(Cc1ccc2c(c1)OCO2)N1CCC(n2c(COc3ccccc3)nc3ccccc32)CC1. The average Bonchev–Trinajstić information content (AvgIpc) is 3.52. The Bertz CT molecular complexity index is 1340. The number of amides is 1. The lowest BCUT2D eigenvalue weighted by atomic mass is 10.0. The van der Waals surface area contributed by atoms with Gasteiger partial charge < -0.3 is 23.7 Å². The number of hydrogen-bond acceptors (Lipinski definition) is 5. The van der Waals surface area contributed by atoms with Crippen LogP contribution >= 0.6 is 0 Å². The molecule has 1 fully saturated rings. The molecule has 3 heterocycles. The van der Waals surface area contributed by atoms with Crippen LogP contribution in [-0.4, -0.2) is 40.2 Å². The van der Waals surface area contributed by atoms with Gasteiger partial charge in [-0.25, -0.2) is 4.98 Å². The summed E-state index contributed by atoms with van der Waals surface area (Å²) in [5.41, 5.74) is 3.03. The van der Waals surface area contributed by atoms with Crippen LogP contribution in [0.4, 0.5) is 0 Å². The van der Waals surface area contributed by atoms with E-state index in [1.165, 1.54) is 0 Å². The summed E-state index contributed by atoms with van der Waals surface area (Å²) in [4.78, 5) is 19.9. The van der Waals surface area contributed by atoms with Crippen molar-refractivity contribution in [3.8, 4) is 17.2 Å². The number of para-hydroxylation sites is 3. The van der Waals surface area contributed by atoms with Crippen LogP contribution in [0.15, 0.2) is 72.8 Å². The van der Waals surface area contributed by atoms with E-state index in [2.05, 4.69) is 10.6 Å². The van der Waals surface area contributed by atoms with Crippen LogP contribution in [0.1, 0.15) is 30.3 Å². The van der Waals surface area contributed by atoms with Gasteiger partial charge in [0.2, 0.25) is 12.7 Å². The zero-order valence-corrected chi connectivity index (χ0v) is 19.4. The van der Waals surface area contributed by atoms with Crippen molar-refractivity contribution >= 4 is 16.9 Å². The minimum atomic E-state index is 0.144. The third-order valence-electron chi connectivity index (χ3n) is 6.75. The summed E-state index contributed by atoms with van der Waals surface area (Å²) in [5.74, 6) is 3.34. The van der Waals surface area contributed by atoms with Gasteiger partial charge >= 0.3 is 0 Å². The highest BCUT2D eigenvalue weighted by Gasteiger charge is 2.27. The van der Waals surface area contributed by atoms with Crippen molar-refractivity contribution in [2.75, 3.05) is 19.9 Å². The molecule has 7 heteroatoms. The third-order valence-corrected chi connectivity index (χ3v) is 6.75. The van der Waals surface area contributed by atoms with Crippen LogP contribution < -0.4 is 14.2 Å². The summed E-state index contributed by atoms with van der Waals surface area (Å²) in [5, 5.41) is 0. The van der Waals surface area contributed by atoms with Gasteiger partial charge in [0.15, 0.2) is 11.5 Å². The number of carbonyl (C=O) groups excluding carboxylic acids is 1. The lowest BCUT2D eigenvalue weighted by molar-refractivity contribution is -0.131. The number of fused-ring (bicyclic) bond motifs is 2. The quantitative estimate of drug-likeness (QED) is 0.408. The van der Waals surface area contributed by atoms with E-state index in [0.29, 0.717) is 18.8 Å². The Morgan fingerprint density at radius 1 is 0.943 bits per heavy atom. The number of hydrogen-bond donors (Lipinski definition) is 0. The van der Waals surface area contributed by atoms with E-state index in [1.54, 1.807) is 0 Å². The Hall–Kier alpha value is -4.00. The molecule has 0 atom stereocenters. The number of nitrogens with zero attached hydrogens (tertiary/aromatic N) is 3. The van der Waals surface area contributed by atoms with Crippen LogP contribution in [-0.2, 0) is 17.8 Å². The molecular formula is C28H27N3O4. The predicted octanol–water partition coefficient (Wildman–Crippen LogP) is 4.75. The number of benzene rings is 3. The molecule has 0 saturated carbocycles. The lowest BCUT2D eigenvalue weighted by Gasteiger charge is -2.33. The van der Waals surface area contributed by atoms with E-state index in [-0.39, 0.29) is 18.7 Å². The standard InChI is InChI=1S/C28H27N3O4/c32-28(17-20-10-11-25-26(16-20)35-19-34-25)30-14-12-21(13-15-30)31-24-9-5-4-8-23(24)29-27(31)18-33-22-6-2-1-3-7-22/h1-11,16,21H,12-15,17-19H2. The Kier molecular flexibility index (Phi) is 5.74. The minimum Gasteiger partial charge on any atom is -0.486 e. The Labute approximate surface area is 203 Å². The van der Waals surface area contributed by atoms with Crippen molar-refractivity contribution in [3.63, 3.8) is 0 Å². The second kappa shape index (κ2) is 9.33. The summed E-state index contributed by atoms with van der Waals surface area (Å²) >= 11 is 0. The lowest BCUT2D eigenvalue weighted by Crippen LogP contribution is -2.40. The molecule has 1 amide bonds. The van der Waals surface area contributed by atoms with Crippen LogP contribution in [0.25, 0.3) is 11.0 Å². The van der Waals surface area contributed by atoms with Gasteiger partial charge in [-0.15, -0.1) is 0 Å². The third kappa shape index (κ3) is 4.41. The van der Waals surface area contributed by atoms with Gasteiger partial charge in [-0.2, -0.15) is 0 Å². The first-order valence-corrected chi connectivity index (χ1v) is 12.0. The Balaban J connectivity index is 1.15. The molecule has 6 rings (SSSR count).